The molecule has 5 heteroatoms. The topological polar surface area (TPSA) is 20.2 Å². The third kappa shape index (κ3) is 3.00. The van der Waals surface area contributed by atoms with Crippen molar-refractivity contribution in [1.82, 2.24) is 0 Å². The van der Waals surface area contributed by atoms with Crippen LogP contribution in [0.1, 0.15) is 16.7 Å². The minimum Gasteiger partial charge on any atom is -0.393 e. The molecule has 1 nitrogen and oxygen atoms in total. The van der Waals surface area contributed by atoms with Crippen LogP contribution in [0.3, 0.4) is 0 Å². The second kappa shape index (κ2) is 3.67. The van der Waals surface area contributed by atoms with Gasteiger partial charge in [-0.25, -0.2) is 0 Å². The van der Waals surface area contributed by atoms with E-state index in [1.165, 1.54) is 6.07 Å². The molecule has 0 aromatic carbocycles. The Bertz CT molecular complexity index is 277. The van der Waals surface area contributed by atoms with Gasteiger partial charge in [-0.15, -0.1) is 11.3 Å². The number of aliphatic hydroxyl groups excluding tert-OH is 1. The van der Waals surface area contributed by atoms with Crippen LogP contribution in [0.25, 0.3) is 0 Å². The second-order valence-electron chi connectivity index (χ2n) is 2.82. The highest BCUT2D eigenvalue weighted by molar-refractivity contribution is 7.12. The average Bonchev–Trinajstić information content (AvgIpc) is 2.32. The zero-order valence-corrected chi connectivity index (χ0v) is 7.75. The van der Waals surface area contributed by atoms with Crippen LogP contribution < -0.4 is 0 Å². The van der Waals surface area contributed by atoms with E-state index >= 15 is 0 Å². The summed E-state index contributed by atoms with van der Waals surface area (Å²) in [6.07, 6.45) is -4.58. The maximum atomic E-state index is 12.1. The molecule has 1 N–H and O–H groups in total. The fraction of sp³-hybridized carbons (Fsp3) is 0.500. The van der Waals surface area contributed by atoms with Crippen LogP contribution in [0.15, 0.2) is 12.1 Å². The first-order valence-electron chi connectivity index (χ1n) is 3.73. The third-order valence-electron chi connectivity index (χ3n) is 1.44. The summed E-state index contributed by atoms with van der Waals surface area (Å²) in [5.41, 5.74) is 0. The molecule has 1 aromatic rings. The van der Waals surface area contributed by atoms with Crippen molar-refractivity contribution >= 4 is 11.3 Å². The molecule has 0 fully saturated rings. The molecule has 1 heterocycles. The predicted molar refractivity (Wildman–Crippen MR) is 44.7 cm³/mol. The summed E-state index contributed by atoms with van der Waals surface area (Å²) in [4.78, 5) is -0.0505. The number of halogens is 3. The van der Waals surface area contributed by atoms with E-state index in [4.69, 9.17) is 5.11 Å². The lowest BCUT2D eigenvalue weighted by molar-refractivity contribution is -0.134. The summed E-state index contributed by atoms with van der Waals surface area (Å²) in [6, 6.07) is 2.45. The zero-order valence-electron chi connectivity index (χ0n) is 6.93. The number of thiophene rings is 1. The van der Waals surface area contributed by atoms with Gasteiger partial charge in [0.05, 0.1) is 6.10 Å². The van der Waals surface area contributed by atoms with E-state index in [1.807, 2.05) is 0 Å². The van der Waals surface area contributed by atoms with Gasteiger partial charge >= 0.3 is 6.18 Å². The highest BCUT2D eigenvalue weighted by atomic mass is 32.1. The van der Waals surface area contributed by atoms with Crippen LogP contribution in [0.4, 0.5) is 13.2 Å². The van der Waals surface area contributed by atoms with Crippen LogP contribution >= 0.6 is 11.3 Å². The summed E-state index contributed by atoms with van der Waals surface area (Å²) in [5.74, 6) is 0. The number of rotatable bonds is 2. The fourth-order valence-corrected chi connectivity index (χ4v) is 1.93. The van der Waals surface area contributed by atoms with Crippen molar-refractivity contribution in [3.63, 3.8) is 0 Å². The minimum atomic E-state index is -4.26. The molecule has 0 bridgehead atoms. The highest BCUT2D eigenvalue weighted by Crippen LogP contribution is 2.34. The molecule has 13 heavy (non-hydrogen) atoms. The molecule has 0 aliphatic rings. The molecule has 0 saturated heterocycles. The number of aliphatic hydroxyl groups is 1. The molecule has 1 atom stereocenters. The predicted octanol–water partition coefficient (Wildman–Crippen LogP) is 2.69. The molecule has 0 saturated carbocycles. The van der Waals surface area contributed by atoms with E-state index < -0.39 is 17.2 Å². The molecule has 1 aromatic heterocycles. The third-order valence-corrected chi connectivity index (χ3v) is 2.59. The maximum absolute atomic E-state index is 12.1. The molecule has 0 aliphatic heterocycles. The SMILES string of the molecule is C[C@H](O)Cc1ccc(C(F)(F)F)s1. The molecule has 0 spiro atoms. The summed E-state index contributed by atoms with van der Waals surface area (Å²) < 4.78 is 36.3. The van der Waals surface area contributed by atoms with Crippen molar-refractivity contribution in [2.75, 3.05) is 0 Å². The van der Waals surface area contributed by atoms with Crippen molar-refractivity contribution in [3.05, 3.63) is 21.9 Å². The van der Waals surface area contributed by atoms with Crippen LogP contribution in [0.5, 0.6) is 0 Å². The molecule has 0 aliphatic carbocycles. The molecule has 0 unspecified atom stereocenters. The van der Waals surface area contributed by atoms with Crippen LogP contribution in [-0.2, 0) is 12.6 Å². The quantitative estimate of drug-likeness (QED) is 0.795. The second-order valence-corrected chi connectivity index (χ2v) is 3.99. The number of hydrogen-bond donors (Lipinski definition) is 1. The van der Waals surface area contributed by atoms with Gasteiger partial charge in [-0.05, 0) is 19.1 Å². The molecule has 0 radical (unpaired) electrons. The number of alkyl halides is 3. The van der Waals surface area contributed by atoms with Gasteiger partial charge in [-0.2, -0.15) is 13.2 Å². The largest absolute Gasteiger partial charge is 0.425 e. The lowest BCUT2D eigenvalue weighted by Gasteiger charge is -2.02. The van der Waals surface area contributed by atoms with Gasteiger partial charge < -0.3 is 5.11 Å². The van der Waals surface area contributed by atoms with Gasteiger partial charge in [-0.1, -0.05) is 0 Å². The van der Waals surface area contributed by atoms with E-state index in [2.05, 4.69) is 0 Å². The van der Waals surface area contributed by atoms with E-state index in [-0.39, 0.29) is 6.42 Å². The van der Waals surface area contributed by atoms with Gasteiger partial charge in [0.15, 0.2) is 0 Å². The summed E-state index contributed by atoms with van der Waals surface area (Å²) in [6.45, 7) is 1.55. The Morgan fingerprint density at radius 2 is 2.08 bits per heavy atom. The van der Waals surface area contributed by atoms with Crippen molar-refractivity contribution in [2.45, 2.75) is 25.6 Å². The Balaban J connectivity index is 2.75. The Morgan fingerprint density at radius 3 is 2.46 bits per heavy atom. The molecule has 1 rings (SSSR count). The van der Waals surface area contributed by atoms with Gasteiger partial charge in [0, 0.05) is 11.3 Å². The number of hydrogen-bond acceptors (Lipinski definition) is 2. The summed E-state index contributed by atoms with van der Waals surface area (Å²) in [7, 11) is 0. The van der Waals surface area contributed by atoms with Crippen molar-refractivity contribution in [1.29, 1.82) is 0 Å². The van der Waals surface area contributed by atoms with Crippen molar-refractivity contribution < 1.29 is 18.3 Å². The van der Waals surface area contributed by atoms with Crippen LogP contribution in [0, 0.1) is 0 Å². The molecule has 74 valence electrons. The first kappa shape index (κ1) is 10.5. The first-order valence-corrected chi connectivity index (χ1v) is 4.55. The van der Waals surface area contributed by atoms with Gasteiger partial charge in [0.25, 0.3) is 0 Å². The van der Waals surface area contributed by atoms with Crippen molar-refractivity contribution in [2.24, 2.45) is 0 Å². The van der Waals surface area contributed by atoms with E-state index in [9.17, 15) is 13.2 Å². The molecule has 0 amide bonds. The van der Waals surface area contributed by atoms with Crippen molar-refractivity contribution in [3.8, 4) is 0 Å². The Hall–Kier alpha value is -0.550. The van der Waals surface area contributed by atoms with E-state index in [1.54, 1.807) is 6.92 Å². The van der Waals surface area contributed by atoms with Crippen LogP contribution in [0.2, 0.25) is 0 Å². The molecular formula is C8H9F3OS. The summed E-state index contributed by atoms with van der Waals surface area (Å²) in [5, 5.41) is 8.94. The lowest BCUT2D eigenvalue weighted by atomic mass is 10.2. The normalized spacial score (nSPS) is 14.5. The Morgan fingerprint density at radius 1 is 1.46 bits per heavy atom. The van der Waals surface area contributed by atoms with Gasteiger partial charge in [0.1, 0.15) is 4.88 Å². The maximum Gasteiger partial charge on any atom is 0.425 e. The van der Waals surface area contributed by atoms with Gasteiger partial charge in [0.2, 0.25) is 0 Å². The first-order chi connectivity index (χ1) is 5.89. The fourth-order valence-electron chi connectivity index (χ4n) is 0.931. The van der Waals surface area contributed by atoms with Gasteiger partial charge in [-0.3, -0.25) is 0 Å². The summed E-state index contributed by atoms with van der Waals surface area (Å²) >= 11 is 0.683. The highest BCUT2D eigenvalue weighted by Gasteiger charge is 2.32. The average molecular weight is 210 g/mol. The zero-order chi connectivity index (χ0) is 10.1. The van der Waals surface area contributed by atoms with Crippen LogP contribution in [-0.4, -0.2) is 11.2 Å². The molecular weight excluding hydrogens is 201 g/mol. The smallest absolute Gasteiger partial charge is 0.393 e. The van der Waals surface area contributed by atoms with E-state index in [0.717, 1.165) is 6.07 Å². The Kier molecular flexibility index (Phi) is 2.98. The van der Waals surface area contributed by atoms with E-state index in [0.29, 0.717) is 16.2 Å². The Labute approximate surface area is 77.8 Å². The lowest BCUT2D eigenvalue weighted by Crippen LogP contribution is -2.02. The monoisotopic (exact) mass is 210 g/mol. The minimum absolute atomic E-state index is 0.279. The standard InChI is InChI=1S/C8H9F3OS/c1-5(12)4-6-2-3-7(13-6)8(9,10)11/h2-3,5,12H,4H2,1H3/t5-/m0/s1.